The molecule has 5 saturated carbocycles. The first-order chi connectivity index (χ1) is 15.0. The zero-order valence-corrected chi connectivity index (χ0v) is 17.9. The van der Waals surface area contributed by atoms with E-state index < -0.39 is 0 Å². The van der Waals surface area contributed by atoms with E-state index >= 15 is 0 Å². The van der Waals surface area contributed by atoms with E-state index in [1.807, 2.05) is 0 Å². The van der Waals surface area contributed by atoms with Gasteiger partial charge in [-0.1, -0.05) is 0 Å². The van der Waals surface area contributed by atoms with E-state index in [-0.39, 0.29) is 35.7 Å². The molecule has 4 bridgehead atoms. The molecule has 0 saturated heterocycles. The van der Waals surface area contributed by atoms with Crippen molar-refractivity contribution in [2.75, 3.05) is 17.2 Å². The minimum Gasteiger partial charge on any atom is -0.338 e. The minimum absolute atomic E-state index is 0.0161. The molecular weight excluding hydrogens is 392 g/mol. The van der Waals surface area contributed by atoms with Gasteiger partial charge in [0.25, 0.3) is 0 Å². The summed E-state index contributed by atoms with van der Waals surface area (Å²) in [6.07, 6.45) is 9.53. The summed E-state index contributed by atoms with van der Waals surface area (Å²) in [5, 5.41) is 11.8. The fraction of sp³-hybridized carbons (Fsp3) is 0.625. The first kappa shape index (κ1) is 20.3. The standard InChI is InChI=1S/C24H32N4O3/c29-21(26-19-3-5-20(6-4-19)27-22(30)18-1-2-18)7-8-25-23(31)28-24-12-15-9-16(13-24)11-17(10-15)14-24/h3-6,15-18H,1-2,7-14H2,(H,26,29)(H,27,30)(H2,25,28,31). The molecule has 0 atom stereocenters. The van der Waals surface area contributed by atoms with E-state index in [2.05, 4.69) is 21.3 Å². The number of nitrogens with one attached hydrogen (secondary N) is 4. The van der Waals surface area contributed by atoms with Crippen LogP contribution in [0.25, 0.3) is 0 Å². The number of rotatable bonds is 7. The number of carbonyl (C=O) groups is 3. The maximum Gasteiger partial charge on any atom is 0.315 e. The fourth-order valence-corrected chi connectivity index (χ4v) is 6.29. The monoisotopic (exact) mass is 424 g/mol. The van der Waals surface area contributed by atoms with Crippen LogP contribution < -0.4 is 21.3 Å². The maximum atomic E-state index is 12.5. The number of hydrogen-bond donors (Lipinski definition) is 4. The van der Waals surface area contributed by atoms with E-state index in [0.717, 1.165) is 55.5 Å². The normalized spacial score (nSPS) is 30.5. The van der Waals surface area contributed by atoms with Crippen molar-refractivity contribution < 1.29 is 14.4 Å². The molecule has 166 valence electrons. The van der Waals surface area contributed by atoms with Crippen molar-refractivity contribution in [1.29, 1.82) is 0 Å². The third-order valence-corrected chi connectivity index (χ3v) is 7.44. The molecular formula is C24H32N4O3. The molecule has 5 aliphatic rings. The summed E-state index contributed by atoms with van der Waals surface area (Å²) in [6, 6.07) is 6.96. The van der Waals surface area contributed by atoms with Crippen molar-refractivity contribution in [2.24, 2.45) is 23.7 Å². The van der Waals surface area contributed by atoms with Crippen LogP contribution in [-0.2, 0) is 9.59 Å². The van der Waals surface area contributed by atoms with Crippen LogP contribution in [0.3, 0.4) is 0 Å². The van der Waals surface area contributed by atoms with Crippen molar-refractivity contribution in [3.05, 3.63) is 24.3 Å². The Kier molecular flexibility index (Phi) is 5.36. The molecule has 5 fully saturated rings. The second-order valence-corrected chi connectivity index (χ2v) is 10.2. The number of hydrogen-bond acceptors (Lipinski definition) is 3. The van der Waals surface area contributed by atoms with Gasteiger partial charge in [-0.25, -0.2) is 4.79 Å². The molecule has 0 heterocycles. The van der Waals surface area contributed by atoms with Crippen LogP contribution >= 0.6 is 0 Å². The molecule has 4 amide bonds. The van der Waals surface area contributed by atoms with Crippen molar-refractivity contribution >= 4 is 29.2 Å². The van der Waals surface area contributed by atoms with Gasteiger partial charge in [-0.3, -0.25) is 9.59 Å². The fourth-order valence-electron chi connectivity index (χ4n) is 6.29. The van der Waals surface area contributed by atoms with Crippen LogP contribution in [0.15, 0.2) is 24.3 Å². The van der Waals surface area contributed by atoms with Gasteiger partial charge < -0.3 is 21.3 Å². The van der Waals surface area contributed by atoms with Crippen molar-refractivity contribution in [3.8, 4) is 0 Å². The van der Waals surface area contributed by atoms with Gasteiger partial charge in [0, 0.05) is 35.8 Å². The molecule has 0 unspecified atom stereocenters. The van der Waals surface area contributed by atoms with E-state index in [1.54, 1.807) is 24.3 Å². The number of anilines is 2. The summed E-state index contributed by atoms with van der Waals surface area (Å²) in [6.45, 7) is 0.305. The van der Waals surface area contributed by atoms with Crippen molar-refractivity contribution in [3.63, 3.8) is 0 Å². The molecule has 0 aliphatic heterocycles. The molecule has 7 heteroatoms. The smallest absolute Gasteiger partial charge is 0.315 e. The van der Waals surface area contributed by atoms with Crippen LogP contribution in [0.2, 0.25) is 0 Å². The van der Waals surface area contributed by atoms with Crippen molar-refractivity contribution in [2.45, 2.75) is 63.3 Å². The third kappa shape index (κ3) is 4.86. The summed E-state index contributed by atoms with van der Waals surface area (Å²) in [5.41, 5.74) is 1.39. The van der Waals surface area contributed by atoms with Crippen LogP contribution in [0.5, 0.6) is 0 Å². The second-order valence-electron chi connectivity index (χ2n) is 10.2. The predicted molar refractivity (Wildman–Crippen MR) is 118 cm³/mol. The molecule has 1 aromatic carbocycles. The molecule has 31 heavy (non-hydrogen) atoms. The Hall–Kier alpha value is -2.57. The lowest BCUT2D eigenvalue weighted by Crippen LogP contribution is -2.61. The van der Waals surface area contributed by atoms with Crippen LogP contribution in [0.4, 0.5) is 16.2 Å². The highest BCUT2D eigenvalue weighted by atomic mass is 16.2. The Labute approximate surface area is 183 Å². The minimum atomic E-state index is -0.148. The number of carbonyl (C=O) groups excluding carboxylic acids is 3. The third-order valence-electron chi connectivity index (χ3n) is 7.44. The molecule has 6 rings (SSSR count). The van der Waals surface area contributed by atoms with Gasteiger partial charge in [0.2, 0.25) is 11.8 Å². The largest absolute Gasteiger partial charge is 0.338 e. The average Bonchev–Trinajstić information content (AvgIpc) is 3.53. The highest BCUT2D eigenvalue weighted by Gasteiger charge is 2.51. The van der Waals surface area contributed by atoms with E-state index in [4.69, 9.17) is 0 Å². The molecule has 0 spiro atoms. The van der Waals surface area contributed by atoms with Gasteiger partial charge in [0.15, 0.2) is 0 Å². The Balaban J connectivity index is 1.03. The first-order valence-electron chi connectivity index (χ1n) is 11.7. The van der Waals surface area contributed by atoms with E-state index in [0.29, 0.717) is 12.2 Å². The van der Waals surface area contributed by atoms with Gasteiger partial charge in [-0.15, -0.1) is 0 Å². The van der Waals surface area contributed by atoms with Gasteiger partial charge in [-0.2, -0.15) is 0 Å². The summed E-state index contributed by atoms with van der Waals surface area (Å²) in [4.78, 5) is 36.5. The number of benzene rings is 1. The number of urea groups is 1. The highest BCUT2D eigenvalue weighted by Crippen LogP contribution is 2.55. The van der Waals surface area contributed by atoms with Crippen LogP contribution in [-0.4, -0.2) is 29.9 Å². The average molecular weight is 425 g/mol. The highest BCUT2D eigenvalue weighted by molar-refractivity contribution is 5.95. The quantitative estimate of drug-likeness (QED) is 0.538. The van der Waals surface area contributed by atoms with Gasteiger partial charge in [0.1, 0.15) is 0 Å². The molecule has 5 aliphatic carbocycles. The van der Waals surface area contributed by atoms with Gasteiger partial charge >= 0.3 is 6.03 Å². The van der Waals surface area contributed by atoms with Gasteiger partial charge in [-0.05, 0) is 93.4 Å². The molecule has 0 radical (unpaired) electrons. The molecule has 4 N–H and O–H groups in total. The summed E-state index contributed by atoms with van der Waals surface area (Å²) >= 11 is 0. The summed E-state index contributed by atoms with van der Waals surface area (Å²) < 4.78 is 0. The Morgan fingerprint density at radius 2 is 1.39 bits per heavy atom. The Morgan fingerprint density at radius 1 is 0.839 bits per heavy atom. The SMILES string of the molecule is O=C(CCNC(=O)NC12CC3CC(CC(C3)C1)C2)Nc1ccc(NC(=O)C2CC2)cc1. The van der Waals surface area contributed by atoms with Crippen molar-refractivity contribution in [1.82, 2.24) is 10.6 Å². The van der Waals surface area contributed by atoms with Crippen LogP contribution in [0.1, 0.15) is 57.8 Å². The topological polar surface area (TPSA) is 99.3 Å². The zero-order valence-electron chi connectivity index (χ0n) is 17.9. The van der Waals surface area contributed by atoms with E-state index in [1.165, 1.54) is 19.3 Å². The van der Waals surface area contributed by atoms with Crippen LogP contribution in [0, 0.1) is 23.7 Å². The molecule has 7 nitrogen and oxygen atoms in total. The molecule has 1 aromatic rings. The van der Waals surface area contributed by atoms with Gasteiger partial charge in [0.05, 0.1) is 0 Å². The Bertz CT molecular complexity index is 827. The number of amides is 4. The second kappa shape index (κ2) is 8.17. The maximum absolute atomic E-state index is 12.5. The lowest BCUT2D eigenvalue weighted by atomic mass is 9.53. The zero-order chi connectivity index (χ0) is 21.4. The first-order valence-corrected chi connectivity index (χ1v) is 11.7. The molecule has 0 aromatic heterocycles. The van der Waals surface area contributed by atoms with E-state index in [9.17, 15) is 14.4 Å². The summed E-state index contributed by atoms with van der Waals surface area (Å²) in [7, 11) is 0. The lowest BCUT2D eigenvalue weighted by molar-refractivity contribution is -0.117. The summed E-state index contributed by atoms with van der Waals surface area (Å²) in [5.74, 6) is 2.42. The Morgan fingerprint density at radius 3 is 1.94 bits per heavy atom. The lowest BCUT2D eigenvalue weighted by Gasteiger charge is -2.56. The predicted octanol–water partition coefficient (Wildman–Crippen LogP) is 3.63.